The molecular weight excluding hydrogens is 423 g/mol. The molecule has 5 nitrogen and oxygen atoms in total. The second-order valence-electron chi connectivity index (χ2n) is 7.84. The van der Waals surface area contributed by atoms with E-state index in [-0.39, 0.29) is 11.9 Å². The number of rotatable bonds is 7. The van der Waals surface area contributed by atoms with Gasteiger partial charge in [0, 0.05) is 42.1 Å². The van der Waals surface area contributed by atoms with Gasteiger partial charge in [0.1, 0.15) is 11.5 Å². The number of nitrogens with zero attached hydrogens (tertiary/aromatic N) is 1. The predicted molar refractivity (Wildman–Crippen MR) is 119 cm³/mol. The summed E-state index contributed by atoms with van der Waals surface area (Å²) in [4.78, 5) is 15.0. The molecule has 30 heavy (non-hydrogen) atoms. The summed E-state index contributed by atoms with van der Waals surface area (Å²) in [6, 6.07) is 13.1. The van der Waals surface area contributed by atoms with Gasteiger partial charge in [-0.05, 0) is 67.3 Å². The number of nitrogens with one attached hydrogen (secondary N) is 1. The van der Waals surface area contributed by atoms with Gasteiger partial charge < -0.3 is 19.7 Å². The van der Waals surface area contributed by atoms with Crippen LogP contribution in [0.4, 0.5) is 0 Å². The summed E-state index contributed by atoms with van der Waals surface area (Å²) in [5.41, 5.74) is 0.998. The van der Waals surface area contributed by atoms with Gasteiger partial charge >= 0.3 is 0 Å². The van der Waals surface area contributed by atoms with Crippen molar-refractivity contribution in [2.45, 2.75) is 37.8 Å². The molecule has 1 amide bonds. The van der Waals surface area contributed by atoms with Crippen molar-refractivity contribution >= 4 is 29.1 Å². The lowest BCUT2D eigenvalue weighted by atomic mass is 10.0. The third-order valence-corrected chi connectivity index (χ3v) is 6.11. The van der Waals surface area contributed by atoms with E-state index in [0.717, 1.165) is 56.0 Å². The molecule has 2 aromatic carbocycles. The highest BCUT2D eigenvalue weighted by molar-refractivity contribution is 6.30. The summed E-state index contributed by atoms with van der Waals surface area (Å²) in [5.74, 6) is 1.58. The Morgan fingerprint density at radius 2 is 1.83 bits per heavy atom. The van der Waals surface area contributed by atoms with Crippen molar-refractivity contribution in [1.29, 1.82) is 0 Å². The van der Waals surface area contributed by atoms with Gasteiger partial charge in [-0.2, -0.15) is 0 Å². The molecule has 1 fully saturated rings. The Morgan fingerprint density at radius 1 is 1.10 bits per heavy atom. The Labute approximate surface area is 187 Å². The van der Waals surface area contributed by atoms with Gasteiger partial charge in [0.15, 0.2) is 6.10 Å². The first kappa shape index (κ1) is 21.3. The summed E-state index contributed by atoms with van der Waals surface area (Å²) in [6.45, 7) is 3.64. The first-order valence-electron chi connectivity index (χ1n) is 10.4. The quantitative estimate of drug-likeness (QED) is 0.639. The average molecular weight is 449 g/mol. The molecule has 160 valence electrons. The number of piperidine rings is 1. The molecule has 2 aliphatic rings. The highest BCUT2D eigenvalue weighted by Gasteiger charge is 2.31. The van der Waals surface area contributed by atoms with E-state index < -0.39 is 6.10 Å². The molecule has 1 atom stereocenters. The van der Waals surface area contributed by atoms with Crippen LogP contribution >= 0.6 is 23.2 Å². The van der Waals surface area contributed by atoms with Gasteiger partial charge in [-0.25, -0.2) is 0 Å². The first-order valence-corrected chi connectivity index (χ1v) is 11.2. The van der Waals surface area contributed by atoms with Crippen LogP contribution in [0.2, 0.25) is 10.0 Å². The fourth-order valence-electron chi connectivity index (χ4n) is 3.97. The van der Waals surface area contributed by atoms with Gasteiger partial charge in [-0.1, -0.05) is 23.2 Å². The highest BCUT2D eigenvalue weighted by atomic mass is 35.5. The van der Waals surface area contributed by atoms with Gasteiger partial charge in [0.2, 0.25) is 0 Å². The van der Waals surface area contributed by atoms with Crippen molar-refractivity contribution in [3.8, 4) is 11.5 Å². The lowest BCUT2D eigenvalue weighted by molar-refractivity contribution is -0.128. The molecular formula is C23H26Cl2N2O3. The number of carbonyl (C=O) groups is 1. The Morgan fingerprint density at radius 3 is 2.60 bits per heavy atom. The summed E-state index contributed by atoms with van der Waals surface area (Å²) < 4.78 is 11.5. The van der Waals surface area contributed by atoms with Crippen LogP contribution in [0.5, 0.6) is 11.5 Å². The predicted octanol–water partition coefficient (Wildman–Crippen LogP) is 4.35. The maximum atomic E-state index is 12.6. The average Bonchev–Trinajstić information content (AvgIpc) is 3.17. The maximum absolute atomic E-state index is 12.6. The molecule has 0 aromatic heterocycles. The topological polar surface area (TPSA) is 50.8 Å². The second kappa shape index (κ2) is 9.90. The summed E-state index contributed by atoms with van der Waals surface area (Å²) in [7, 11) is 0. The van der Waals surface area contributed by atoms with Gasteiger partial charge in [0.25, 0.3) is 5.91 Å². The molecule has 1 N–H and O–H groups in total. The molecule has 7 heteroatoms. The zero-order valence-corrected chi connectivity index (χ0v) is 18.3. The van der Waals surface area contributed by atoms with Crippen LogP contribution in [0.3, 0.4) is 0 Å². The van der Waals surface area contributed by atoms with E-state index in [0.29, 0.717) is 23.1 Å². The fraction of sp³-hybridized carbons (Fsp3) is 0.435. The van der Waals surface area contributed by atoms with Crippen LogP contribution in [-0.4, -0.2) is 49.2 Å². The van der Waals surface area contributed by atoms with Crippen LogP contribution < -0.4 is 14.8 Å². The van der Waals surface area contributed by atoms with Crippen molar-refractivity contribution in [3.63, 3.8) is 0 Å². The Balaban J connectivity index is 1.13. The van der Waals surface area contributed by atoms with Crippen molar-refractivity contribution < 1.29 is 14.3 Å². The van der Waals surface area contributed by atoms with Crippen molar-refractivity contribution in [2.75, 3.05) is 26.2 Å². The number of carbonyl (C=O) groups excluding carboxylic acids is 1. The molecule has 2 aromatic rings. The lowest BCUT2D eigenvalue weighted by Gasteiger charge is -2.32. The van der Waals surface area contributed by atoms with Crippen molar-refractivity contribution in [2.24, 2.45) is 0 Å². The van der Waals surface area contributed by atoms with Crippen LogP contribution in [0.15, 0.2) is 42.5 Å². The van der Waals surface area contributed by atoms with Gasteiger partial charge in [-0.3, -0.25) is 4.79 Å². The molecule has 0 aliphatic carbocycles. The molecule has 0 saturated carbocycles. The minimum atomic E-state index is -0.457. The summed E-state index contributed by atoms with van der Waals surface area (Å²) >= 11 is 11.9. The van der Waals surface area contributed by atoms with Crippen LogP contribution in [0.1, 0.15) is 24.8 Å². The number of hydrogen-bond donors (Lipinski definition) is 1. The van der Waals surface area contributed by atoms with Crippen LogP contribution in [0, 0.1) is 0 Å². The molecule has 1 unspecified atom stereocenters. The molecule has 0 radical (unpaired) electrons. The minimum Gasteiger partial charge on any atom is -0.494 e. The van der Waals surface area contributed by atoms with E-state index in [4.69, 9.17) is 32.7 Å². The summed E-state index contributed by atoms with van der Waals surface area (Å²) in [6.07, 6.45) is 3.00. The molecule has 4 rings (SSSR count). The molecule has 2 heterocycles. The number of hydrogen-bond acceptors (Lipinski definition) is 4. The fourth-order valence-corrected chi connectivity index (χ4v) is 4.29. The first-order chi connectivity index (χ1) is 14.6. The number of ether oxygens (including phenoxy) is 2. The van der Waals surface area contributed by atoms with E-state index in [1.54, 1.807) is 6.07 Å². The van der Waals surface area contributed by atoms with Gasteiger partial charge in [0.05, 0.1) is 6.61 Å². The zero-order chi connectivity index (χ0) is 20.9. The molecule has 2 aliphatic heterocycles. The largest absolute Gasteiger partial charge is 0.494 e. The number of fused-ring (bicyclic) bond motifs is 1. The van der Waals surface area contributed by atoms with Gasteiger partial charge in [-0.15, -0.1) is 0 Å². The van der Waals surface area contributed by atoms with E-state index in [2.05, 4.69) is 10.2 Å². The van der Waals surface area contributed by atoms with E-state index in [9.17, 15) is 4.79 Å². The van der Waals surface area contributed by atoms with Crippen molar-refractivity contribution in [3.05, 3.63) is 58.1 Å². The summed E-state index contributed by atoms with van der Waals surface area (Å²) in [5, 5.41) is 4.55. The van der Waals surface area contributed by atoms with Crippen LogP contribution in [-0.2, 0) is 11.2 Å². The number of halogens is 2. The number of likely N-dealkylation sites (tertiary alicyclic amines) is 1. The number of amides is 1. The minimum absolute atomic E-state index is 0.0304. The number of benzene rings is 2. The Bertz CT molecular complexity index is 867. The van der Waals surface area contributed by atoms with E-state index in [1.807, 2.05) is 36.4 Å². The standard InChI is InChI=1S/C23H26Cl2N2O3/c24-17-2-5-20(6-3-17)29-13-1-10-27-11-8-19(9-12-27)26-23(28)22-15-16-14-18(25)4-7-21(16)30-22/h2-7,14,19,22H,1,8-13,15H2,(H,26,28). The Hall–Kier alpha value is -1.95. The highest BCUT2D eigenvalue weighted by Crippen LogP contribution is 2.31. The van der Waals surface area contributed by atoms with Crippen molar-refractivity contribution in [1.82, 2.24) is 10.2 Å². The molecule has 0 bridgehead atoms. The van der Waals surface area contributed by atoms with E-state index >= 15 is 0 Å². The molecule has 1 saturated heterocycles. The Kier molecular flexibility index (Phi) is 7.03. The SMILES string of the molecule is O=C(NC1CCN(CCCOc2ccc(Cl)cc2)CC1)C1Cc2cc(Cl)ccc2O1. The monoisotopic (exact) mass is 448 g/mol. The van der Waals surface area contributed by atoms with E-state index in [1.165, 1.54) is 0 Å². The normalized spacial score (nSPS) is 19.2. The second-order valence-corrected chi connectivity index (χ2v) is 8.72. The lowest BCUT2D eigenvalue weighted by Crippen LogP contribution is -2.48. The smallest absolute Gasteiger partial charge is 0.261 e. The third-order valence-electron chi connectivity index (χ3n) is 5.62. The molecule has 0 spiro atoms. The zero-order valence-electron chi connectivity index (χ0n) is 16.8. The van der Waals surface area contributed by atoms with Crippen LogP contribution in [0.25, 0.3) is 0 Å². The maximum Gasteiger partial charge on any atom is 0.261 e. The third kappa shape index (κ3) is 5.60.